The average Bonchev–Trinajstić information content (AvgIpc) is 3.19. The van der Waals surface area contributed by atoms with Crippen LogP contribution in [0.15, 0.2) is 17.1 Å². The quantitative estimate of drug-likeness (QED) is 0.0985. The number of rotatable bonds is 20. The number of aliphatic imine (C=N–C) groups is 1. The zero-order valence-electron chi connectivity index (χ0n) is 22.2. The Labute approximate surface area is 210 Å². The molecule has 0 bridgehead atoms. The smallest absolute Gasteiger partial charge is 0.222 e. The van der Waals surface area contributed by atoms with E-state index in [2.05, 4.69) is 35.2 Å². The van der Waals surface area contributed by atoms with E-state index in [1.165, 1.54) is 103 Å². The van der Waals surface area contributed by atoms with Crippen molar-refractivity contribution in [3.05, 3.63) is 12.2 Å². The molecule has 1 N–H and O–H groups in total. The van der Waals surface area contributed by atoms with Gasteiger partial charge in [-0.1, -0.05) is 90.0 Å². The number of likely N-dealkylation sites (N-methyl/N-ethyl adjacent to an activating group) is 1. The van der Waals surface area contributed by atoms with Crippen LogP contribution >= 0.6 is 0 Å². The third kappa shape index (κ3) is 17.6. The SMILES string of the molecule is CCCCCCCCCCCCCCCC=CC1=NCC[N+]1(CC)CCO.CCOS(=O)(=O)[O-]. The van der Waals surface area contributed by atoms with E-state index in [0.717, 1.165) is 30.7 Å². The Morgan fingerprint density at radius 2 is 1.47 bits per heavy atom. The van der Waals surface area contributed by atoms with Crippen LogP contribution in [0.3, 0.4) is 0 Å². The number of aliphatic hydroxyl groups is 1. The monoisotopic (exact) mass is 504 g/mol. The summed E-state index contributed by atoms with van der Waals surface area (Å²) in [7, 11) is -4.42. The van der Waals surface area contributed by atoms with Gasteiger partial charge in [0.1, 0.15) is 13.1 Å². The molecular formula is C26H52N2O5S. The largest absolute Gasteiger partial charge is 0.726 e. The summed E-state index contributed by atoms with van der Waals surface area (Å²) < 4.78 is 32.9. The molecular weight excluding hydrogens is 452 g/mol. The van der Waals surface area contributed by atoms with Gasteiger partial charge in [-0.15, -0.1) is 0 Å². The summed E-state index contributed by atoms with van der Waals surface area (Å²) >= 11 is 0. The molecule has 1 atom stereocenters. The van der Waals surface area contributed by atoms with Crippen LogP contribution in [0.4, 0.5) is 0 Å². The zero-order chi connectivity index (χ0) is 25.5. The minimum absolute atomic E-state index is 0.0914. The summed E-state index contributed by atoms with van der Waals surface area (Å²) in [5.41, 5.74) is 0. The first-order chi connectivity index (χ1) is 16.3. The lowest BCUT2D eigenvalue weighted by atomic mass is 10.0. The van der Waals surface area contributed by atoms with Crippen molar-refractivity contribution in [2.75, 3.05) is 39.4 Å². The molecule has 1 aliphatic rings. The molecule has 0 amide bonds. The van der Waals surface area contributed by atoms with Crippen molar-refractivity contribution in [1.29, 1.82) is 0 Å². The van der Waals surface area contributed by atoms with Gasteiger partial charge >= 0.3 is 0 Å². The van der Waals surface area contributed by atoms with Crippen LogP contribution in [-0.2, 0) is 14.6 Å². The fourth-order valence-electron chi connectivity index (χ4n) is 4.34. The molecule has 1 rings (SSSR count). The van der Waals surface area contributed by atoms with Crippen LogP contribution in [0.25, 0.3) is 0 Å². The Hall–Kier alpha value is -0.800. The fraction of sp³-hybridized carbons (Fsp3) is 0.885. The molecule has 0 aliphatic carbocycles. The zero-order valence-corrected chi connectivity index (χ0v) is 23.0. The molecule has 0 aromatic carbocycles. The summed E-state index contributed by atoms with van der Waals surface area (Å²) in [5, 5.41) is 9.35. The summed E-state index contributed by atoms with van der Waals surface area (Å²) in [6.45, 7) is 9.87. The third-order valence-electron chi connectivity index (χ3n) is 6.42. The number of hydrogen-bond acceptors (Lipinski definition) is 6. The highest BCUT2D eigenvalue weighted by atomic mass is 32.3. The van der Waals surface area contributed by atoms with Crippen molar-refractivity contribution in [2.45, 2.75) is 111 Å². The Bertz CT molecular complexity index is 637. The normalized spacial score (nSPS) is 18.2. The van der Waals surface area contributed by atoms with Crippen LogP contribution in [-0.4, -0.2) is 67.8 Å². The molecule has 0 radical (unpaired) electrons. The number of quaternary nitrogens is 1. The first kappa shape index (κ1) is 33.2. The number of aliphatic hydroxyl groups excluding tert-OH is 1. The van der Waals surface area contributed by atoms with Crippen LogP contribution in [0.5, 0.6) is 0 Å². The molecule has 0 spiro atoms. The first-order valence-electron chi connectivity index (χ1n) is 13.6. The van der Waals surface area contributed by atoms with Gasteiger partial charge in [0.15, 0.2) is 0 Å². The van der Waals surface area contributed by atoms with Gasteiger partial charge in [0, 0.05) is 6.08 Å². The number of hydrogen-bond donors (Lipinski definition) is 1. The molecule has 8 heteroatoms. The molecule has 0 saturated heterocycles. The van der Waals surface area contributed by atoms with Crippen LogP contribution in [0.1, 0.15) is 111 Å². The summed E-state index contributed by atoms with van der Waals surface area (Å²) in [6.07, 6.45) is 24.1. The van der Waals surface area contributed by atoms with Crippen molar-refractivity contribution in [1.82, 2.24) is 0 Å². The van der Waals surface area contributed by atoms with Gasteiger partial charge < -0.3 is 9.66 Å². The van der Waals surface area contributed by atoms with E-state index in [-0.39, 0.29) is 13.2 Å². The minimum atomic E-state index is -4.42. The average molecular weight is 505 g/mol. The van der Waals surface area contributed by atoms with E-state index < -0.39 is 10.4 Å². The van der Waals surface area contributed by atoms with E-state index >= 15 is 0 Å². The van der Waals surface area contributed by atoms with E-state index in [1.807, 2.05) is 0 Å². The molecule has 0 saturated carbocycles. The van der Waals surface area contributed by atoms with Gasteiger partial charge in [0.2, 0.25) is 16.2 Å². The van der Waals surface area contributed by atoms with Crippen molar-refractivity contribution in [2.24, 2.45) is 4.99 Å². The van der Waals surface area contributed by atoms with Crippen LogP contribution in [0, 0.1) is 0 Å². The lowest BCUT2D eigenvalue weighted by Gasteiger charge is -2.31. The molecule has 202 valence electrons. The lowest BCUT2D eigenvalue weighted by molar-refractivity contribution is -0.832. The first-order valence-corrected chi connectivity index (χ1v) is 15.0. The predicted molar refractivity (Wildman–Crippen MR) is 141 cm³/mol. The molecule has 1 aliphatic heterocycles. The van der Waals surface area contributed by atoms with Crippen LogP contribution < -0.4 is 0 Å². The maximum atomic E-state index is 9.45. The van der Waals surface area contributed by atoms with Gasteiger partial charge in [-0.25, -0.2) is 13.4 Å². The van der Waals surface area contributed by atoms with Crippen molar-refractivity contribution < 1.29 is 26.7 Å². The molecule has 0 aromatic heterocycles. The number of unbranched alkanes of at least 4 members (excludes halogenated alkanes) is 13. The maximum Gasteiger partial charge on any atom is 0.222 e. The number of allylic oxidation sites excluding steroid dienone is 1. The second kappa shape index (κ2) is 21.5. The Morgan fingerprint density at radius 1 is 0.941 bits per heavy atom. The highest BCUT2D eigenvalue weighted by molar-refractivity contribution is 7.80. The summed E-state index contributed by atoms with van der Waals surface area (Å²) in [5.74, 6) is 1.18. The Balaban J connectivity index is 0.00000135. The summed E-state index contributed by atoms with van der Waals surface area (Å²) in [6, 6.07) is 0. The lowest BCUT2D eigenvalue weighted by Crippen LogP contribution is -2.51. The fourth-order valence-corrected chi connectivity index (χ4v) is 4.63. The summed E-state index contributed by atoms with van der Waals surface area (Å²) in [4.78, 5) is 4.67. The van der Waals surface area contributed by atoms with Gasteiger partial charge in [-0.3, -0.25) is 8.67 Å². The Morgan fingerprint density at radius 3 is 1.88 bits per heavy atom. The van der Waals surface area contributed by atoms with Crippen molar-refractivity contribution >= 4 is 16.2 Å². The van der Waals surface area contributed by atoms with Crippen molar-refractivity contribution in [3.8, 4) is 0 Å². The van der Waals surface area contributed by atoms with Gasteiger partial charge in [-0.05, 0) is 26.7 Å². The molecule has 34 heavy (non-hydrogen) atoms. The number of amidine groups is 1. The highest BCUT2D eigenvalue weighted by Gasteiger charge is 2.34. The molecule has 0 aromatic rings. The van der Waals surface area contributed by atoms with Crippen molar-refractivity contribution in [3.63, 3.8) is 0 Å². The number of nitrogens with zero attached hydrogens (tertiary/aromatic N) is 2. The van der Waals surface area contributed by atoms with Gasteiger partial charge in [0.25, 0.3) is 0 Å². The second-order valence-corrected chi connectivity index (χ2v) is 10.2. The van der Waals surface area contributed by atoms with E-state index in [9.17, 15) is 18.1 Å². The van der Waals surface area contributed by atoms with E-state index in [1.54, 1.807) is 0 Å². The van der Waals surface area contributed by atoms with E-state index in [4.69, 9.17) is 0 Å². The van der Waals surface area contributed by atoms with E-state index in [0.29, 0.717) is 0 Å². The topological polar surface area (TPSA) is 99.0 Å². The molecule has 1 unspecified atom stereocenters. The standard InChI is InChI=1S/C24H47N2O.C2H6O4S/c1-3-5-6-7-8-9-10-11-12-13-14-15-16-17-18-19-24-25-20-21-26(24,4-2)22-23-27;1-2-6-7(3,4)5/h18-19,27H,3-17,20-23H2,1-2H3;2H2,1H3,(H,3,4,5)/q+1;/p-1. The molecule has 7 nitrogen and oxygen atoms in total. The highest BCUT2D eigenvalue weighted by Crippen LogP contribution is 2.17. The second-order valence-electron chi connectivity index (χ2n) is 9.12. The van der Waals surface area contributed by atoms with Crippen LogP contribution in [0.2, 0.25) is 0 Å². The minimum Gasteiger partial charge on any atom is -0.726 e. The predicted octanol–water partition coefficient (Wildman–Crippen LogP) is 5.75. The molecule has 0 fully saturated rings. The van der Waals surface area contributed by atoms with Gasteiger partial charge in [-0.2, -0.15) is 0 Å². The molecule has 1 heterocycles. The maximum absolute atomic E-state index is 9.45. The van der Waals surface area contributed by atoms with Gasteiger partial charge in [0.05, 0.1) is 26.3 Å². The third-order valence-corrected chi connectivity index (χ3v) is 6.95. The Kier molecular flexibility index (Phi) is 21.0.